The molecule has 142 valence electrons. The first-order valence-electron chi connectivity index (χ1n) is 11.2. The summed E-state index contributed by atoms with van der Waals surface area (Å²) in [6.45, 7) is 6.23. The lowest BCUT2D eigenvalue weighted by Gasteiger charge is -2.52. The first-order valence-corrected chi connectivity index (χ1v) is 11.2. The molecule has 0 spiro atoms. The van der Waals surface area contributed by atoms with Crippen molar-refractivity contribution in [3.8, 4) is 6.07 Å². The fourth-order valence-corrected chi connectivity index (χ4v) is 6.56. The molecule has 3 saturated carbocycles. The molecule has 0 bridgehead atoms. The highest BCUT2D eigenvalue weighted by Gasteiger charge is 2.48. The summed E-state index contributed by atoms with van der Waals surface area (Å²) in [7, 11) is 0. The zero-order chi connectivity index (χ0) is 17.7. The van der Waals surface area contributed by atoms with Gasteiger partial charge in [0.15, 0.2) is 0 Å². The molecule has 0 aromatic rings. The van der Waals surface area contributed by atoms with Crippen LogP contribution in [0.4, 0.5) is 0 Å². The summed E-state index contributed by atoms with van der Waals surface area (Å²) in [5.74, 6) is 4.51. The molecule has 3 rings (SSSR count). The fourth-order valence-electron chi connectivity index (χ4n) is 6.56. The zero-order valence-electron chi connectivity index (χ0n) is 16.6. The van der Waals surface area contributed by atoms with Gasteiger partial charge in [0.2, 0.25) is 0 Å². The van der Waals surface area contributed by atoms with Gasteiger partial charge in [0.1, 0.15) is 0 Å². The van der Waals surface area contributed by atoms with Gasteiger partial charge in [0, 0.05) is 13.2 Å². The Morgan fingerprint density at radius 3 is 2.56 bits per heavy atom. The third-order valence-electron chi connectivity index (χ3n) is 7.88. The van der Waals surface area contributed by atoms with E-state index in [1.165, 1.54) is 70.6 Å². The normalized spacial score (nSPS) is 40.8. The molecule has 3 aliphatic carbocycles. The minimum absolute atomic E-state index is 0.0232. The van der Waals surface area contributed by atoms with Crippen LogP contribution in [0.2, 0.25) is 0 Å². The molecule has 0 saturated heterocycles. The molecule has 6 atom stereocenters. The number of rotatable bonds is 7. The lowest BCUT2D eigenvalue weighted by molar-refractivity contribution is -0.0288. The molecule has 0 heterocycles. The van der Waals surface area contributed by atoms with Crippen LogP contribution in [0.3, 0.4) is 0 Å². The Balaban J connectivity index is 1.57. The summed E-state index contributed by atoms with van der Waals surface area (Å²) in [4.78, 5) is 0. The molecule has 0 amide bonds. The molecule has 2 nitrogen and oxygen atoms in total. The van der Waals surface area contributed by atoms with Crippen molar-refractivity contribution in [2.45, 2.75) is 90.9 Å². The minimum atomic E-state index is 0.0232. The Morgan fingerprint density at radius 2 is 1.80 bits per heavy atom. The average Bonchev–Trinajstić information content (AvgIpc) is 2.66. The van der Waals surface area contributed by atoms with Gasteiger partial charge >= 0.3 is 0 Å². The highest BCUT2D eigenvalue weighted by Crippen LogP contribution is 2.56. The van der Waals surface area contributed by atoms with Gasteiger partial charge < -0.3 is 4.74 Å². The molecular weight excluding hydrogens is 306 g/mol. The standard InChI is InChI=1S/C23H39NO/c1-3-5-6-12-23(17-24)13-11-22-20(15-23)9-8-19-14-18(16-25-4-2)7-10-21(19)22/h18-22H,3-16H2,1-2H3. The largest absolute Gasteiger partial charge is 0.381 e. The van der Waals surface area contributed by atoms with E-state index in [4.69, 9.17) is 4.74 Å². The second kappa shape index (κ2) is 8.90. The number of fused-ring (bicyclic) bond motifs is 3. The quantitative estimate of drug-likeness (QED) is 0.503. The van der Waals surface area contributed by atoms with E-state index >= 15 is 0 Å². The van der Waals surface area contributed by atoms with Crippen molar-refractivity contribution in [2.24, 2.45) is 35.0 Å². The van der Waals surface area contributed by atoms with Gasteiger partial charge in [-0.1, -0.05) is 26.2 Å². The molecule has 3 aliphatic rings. The van der Waals surface area contributed by atoms with E-state index in [1.807, 2.05) is 0 Å². The van der Waals surface area contributed by atoms with E-state index in [-0.39, 0.29) is 5.41 Å². The van der Waals surface area contributed by atoms with Gasteiger partial charge in [-0.2, -0.15) is 5.26 Å². The van der Waals surface area contributed by atoms with Gasteiger partial charge in [-0.05, 0) is 94.3 Å². The van der Waals surface area contributed by atoms with E-state index in [2.05, 4.69) is 19.9 Å². The monoisotopic (exact) mass is 345 g/mol. The SMILES string of the molecule is CCCCCC1(C#N)CCC2C(CCC3CC(COCC)CCC32)C1. The molecule has 0 aromatic carbocycles. The van der Waals surface area contributed by atoms with Gasteiger partial charge in [-0.15, -0.1) is 0 Å². The molecule has 2 heteroatoms. The molecule has 0 aliphatic heterocycles. The number of hydrogen-bond donors (Lipinski definition) is 0. The van der Waals surface area contributed by atoms with Gasteiger partial charge in [-0.25, -0.2) is 0 Å². The second-order valence-electron chi connectivity index (χ2n) is 9.36. The van der Waals surface area contributed by atoms with Gasteiger partial charge in [0.05, 0.1) is 11.5 Å². The van der Waals surface area contributed by atoms with Crippen molar-refractivity contribution in [1.82, 2.24) is 0 Å². The third kappa shape index (κ3) is 4.41. The van der Waals surface area contributed by atoms with Crippen LogP contribution in [-0.4, -0.2) is 13.2 Å². The maximum atomic E-state index is 9.92. The van der Waals surface area contributed by atoms with Crippen LogP contribution in [0.5, 0.6) is 0 Å². The van der Waals surface area contributed by atoms with Gasteiger partial charge in [0.25, 0.3) is 0 Å². The van der Waals surface area contributed by atoms with Crippen LogP contribution in [0, 0.1) is 46.3 Å². The molecule has 6 unspecified atom stereocenters. The first-order chi connectivity index (χ1) is 12.2. The van der Waals surface area contributed by atoms with Crippen molar-refractivity contribution >= 4 is 0 Å². The molecule has 0 aromatic heterocycles. The van der Waals surface area contributed by atoms with Crippen molar-refractivity contribution in [3.63, 3.8) is 0 Å². The van der Waals surface area contributed by atoms with Crippen molar-refractivity contribution < 1.29 is 4.74 Å². The van der Waals surface area contributed by atoms with Crippen molar-refractivity contribution in [3.05, 3.63) is 0 Å². The topological polar surface area (TPSA) is 33.0 Å². The van der Waals surface area contributed by atoms with Crippen molar-refractivity contribution in [1.29, 1.82) is 5.26 Å². The smallest absolute Gasteiger partial charge is 0.0689 e. The molecule has 3 fully saturated rings. The predicted molar refractivity (Wildman–Crippen MR) is 103 cm³/mol. The molecule has 0 radical (unpaired) electrons. The number of ether oxygens (including phenoxy) is 1. The molecule has 25 heavy (non-hydrogen) atoms. The Bertz CT molecular complexity index is 455. The minimum Gasteiger partial charge on any atom is -0.381 e. The number of hydrogen-bond acceptors (Lipinski definition) is 2. The second-order valence-corrected chi connectivity index (χ2v) is 9.36. The van der Waals surface area contributed by atoms with E-state index in [0.29, 0.717) is 0 Å². The van der Waals surface area contributed by atoms with Gasteiger partial charge in [-0.3, -0.25) is 0 Å². The summed E-state index contributed by atoms with van der Waals surface area (Å²) in [5, 5.41) is 9.92. The Kier molecular flexibility index (Phi) is 6.84. The van der Waals surface area contributed by atoms with E-state index < -0.39 is 0 Å². The highest BCUT2D eigenvalue weighted by atomic mass is 16.5. The summed E-state index contributed by atoms with van der Waals surface area (Å²) < 4.78 is 5.71. The predicted octanol–water partition coefficient (Wildman–Crippen LogP) is 6.36. The summed E-state index contributed by atoms with van der Waals surface area (Å²) in [6, 6.07) is 2.80. The molecule has 0 N–H and O–H groups in total. The number of nitriles is 1. The van der Waals surface area contributed by atoms with Crippen LogP contribution in [0.25, 0.3) is 0 Å². The van der Waals surface area contributed by atoms with Crippen LogP contribution in [0.1, 0.15) is 90.9 Å². The maximum Gasteiger partial charge on any atom is 0.0689 e. The van der Waals surface area contributed by atoms with Crippen LogP contribution in [-0.2, 0) is 4.74 Å². The maximum absolute atomic E-state index is 9.92. The fraction of sp³-hybridized carbons (Fsp3) is 0.957. The summed E-state index contributed by atoms with van der Waals surface area (Å²) in [6.07, 6.45) is 15.7. The number of nitrogens with zero attached hydrogens (tertiary/aromatic N) is 1. The van der Waals surface area contributed by atoms with Crippen LogP contribution in [0.15, 0.2) is 0 Å². The zero-order valence-corrected chi connectivity index (χ0v) is 16.6. The third-order valence-corrected chi connectivity index (χ3v) is 7.88. The lowest BCUT2D eigenvalue weighted by atomic mass is 9.52. The number of unbranched alkanes of at least 4 members (excludes halogenated alkanes) is 2. The Hall–Kier alpha value is -0.550. The summed E-state index contributed by atoms with van der Waals surface area (Å²) >= 11 is 0. The lowest BCUT2D eigenvalue weighted by Crippen LogP contribution is -2.44. The highest BCUT2D eigenvalue weighted by molar-refractivity contribution is 5.06. The van der Waals surface area contributed by atoms with Crippen molar-refractivity contribution in [2.75, 3.05) is 13.2 Å². The van der Waals surface area contributed by atoms with Crippen LogP contribution < -0.4 is 0 Å². The van der Waals surface area contributed by atoms with E-state index in [1.54, 1.807) is 0 Å². The Labute approximate surface area is 155 Å². The van der Waals surface area contributed by atoms with E-state index in [0.717, 1.165) is 49.2 Å². The molecular formula is C23H39NO. The average molecular weight is 346 g/mol. The Morgan fingerprint density at radius 1 is 1.00 bits per heavy atom. The van der Waals surface area contributed by atoms with E-state index in [9.17, 15) is 5.26 Å². The van der Waals surface area contributed by atoms with Crippen LogP contribution >= 0.6 is 0 Å². The first kappa shape index (κ1) is 19.2. The summed E-state index contributed by atoms with van der Waals surface area (Å²) in [5.41, 5.74) is 0.0232.